The number of amides is 2. The van der Waals surface area contributed by atoms with E-state index < -0.39 is 9.84 Å². The SMILES string of the molecule is C=CC(=O)N1CCC(C(=O)Nc2cc(S(=O)(=O)CC)ccc2O)CC1. The molecule has 0 atom stereocenters. The van der Waals surface area contributed by atoms with Gasteiger partial charge in [0.05, 0.1) is 16.3 Å². The fourth-order valence-corrected chi connectivity index (χ4v) is 3.61. The van der Waals surface area contributed by atoms with Crippen molar-refractivity contribution in [3.05, 3.63) is 30.9 Å². The summed E-state index contributed by atoms with van der Waals surface area (Å²) < 4.78 is 23.9. The van der Waals surface area contributed by atoms with E-state index in [1.54, 1.807) is 4.90 Å². The number of phenols is 1. The van der Waals surface area contributed by atoms with E-state index in [0.717, 1.165) is 0 Å². The van der Waals surface area contributed by atoms with Crippen molar-refractivity contribution in [2.45, 2.75) is 24.7 Å². The normalized spacial score (nSPS) is 15.6. The second-order valence-corrected chi connectivity index (χ2v) is 8.15. The highest BCUT2D eigenvalue weighted by molar-refractivity contribution is 7.91. The quantitative estimate of drug-likeness (QED) is 0.608. The van der Waals surface area contributed by atoms with Crippen molar-refractivity contribution < 1.29 is 23.1 Å². The second kappa shape index (κ2) is 7.69. The fourth-order valence-electron chi connectivity index (χ4n) is 2.70. The topological polar surface area (TPSA) is 104 Å². The van der Waals surface area contributed by atoms with Crippen LogP contribution in [0.25, 0.3) is 0 Å². The summed E-state index contributed by atoms with van der Waals surface area (Å²) in [5, 5.41) is 12.5. The number of piperidine rings is 1. The molecule has 0 unspecified atom stereocenters. The van der Waals surface area contributed by atoms with Crippen LogP contribution < -0.4 is 5.32 Å². The largest absolute Gasteiger partial charge is 0.506 e. The Bertz CT molecular complexity index is 780. The van der Waals surface area contributed by atoms with Gasteiger partial charge in [-0.05, 0) is 37.1 Å². The maximum Gasteiger partial charge on any atom is 0.245 e. The molecule has 1 aliphatic heterocycles. The number of phenolic OH excluding ortho intramolecular Hbond substituents is 1. The molecule has 2 rings (SSSR count). The van der Waals surface area contributed by atoms with Gasteiger partial charge in [-0.3, -0.25) is 9.59 Å². The average Bonchev–Trinajstić information content (AvgIpc) is 2.62. The number of nitrogens with one attached hydrogen (secondary N) is 1. The third-order valence-electron chi connectivity index (χ3n) is 4.32. The van der Waals surface area contributed by atoms with Gasteiger partial charge in [0.1, 0.15) is 5.75 Å². The fraction of sp³-hybridized carbons (Fsp3) is 0.412. The summed E-state index contributed by atoms with van der Waals surface area (Å²) in [5.74, 6) is -1.02. The highest BCUT2D eigenvalue weighted by Crippen LogP contribution is 2.28. The van der Waals surface area contributed by atoms with Crippen LogP contribution in [0.15, 0.2) is 35.7 Å². The van der Waals surface area contributed by atoms with E-state index >= 15 is 0 Å². The van der Waals surface area contributed by atoms with Crippen molar-refractivity contribution in [1.82, 2.24) is 4.90 Å². The maximum absolute atomic E-state index is 12.4. The standard InChI is InChI=1S/C17H22N2O5S/c1-3-16(21)19-9-7-12(8-10-19)17(22)18-14-11-13(5-6-15(14)20)25(23,24)4-2/h3,5-6,11-12,20H,1,4,7-10H2,2H3,(H,18,22). The van der Waals surface area contributed by atoms with Crippen molar-refractivity contribution in [3.8, 4) is 5.75 Å². The van der Waals surface area contributed by atoms with Crippen molar-refractivity contribution in [2.75, 3.05) is 24.2 Å². The zero-order chi connectivity index (χ0) is 18.6. The molecule has 1 aliphatic rings. The van der Waals surface area contributed by atoms with Crippen molar-refractivity contribution in [2.24, 2.45) is 5.92 Å². The van der Waals surface area contributed by atoms with Crippen LogP contribution in [0.4, 0.5) is 5.69 Å². The number of rotatable bonds is 5. The number of aromatic hydroxyl groups is 1. The first-order valence-electron chi connectivity index (χ1n) is 8.06. The van der Waals surface area contributed by atoms with Gasteiger partial charge in [0.15, 0.2) is 9.84 Å². The molecule has 1 fully saturated rings. The van der Waals surface area contributed by atoms with Gasteiger partial charge in [0.25, 0.3) is 0 Å². The molecule has 0 aromatic heterocycles. The van der Waals surface area contributed by atoms with E-state index in [1.165, 1.54) is 31.2 Å². The summed E-state index contributed by atoms with van der Waals surface area (Å²) in [6.45, 7) is 5.88. The van der Waals surface area contributed by atoms with Crippen LogP contribution in [-0.4, -0.2) is 49.1 Å². The molecule has 0 spiro atoms. The predicted octanol–water partition coefficient (Wildman–Crippen LogP) is 1.55. The van der Waals surface area contributed by atoms with E-state index in [0.29, 0.717) is 25.9 Å². The first-order chi connectivity index (χ1) is 11.8. The lowest BCUT2D eigenvalue weighted by Gasteiger charge is -2.30. The monoisotopic (exact) mass is 366 g/mol. The van der Waals surface area contributed by atoms with E-state index in [1.807, 2.05) is 0 Å². The van der Waals surface area contributed by atoms with Crippen LogP contribution in [0.3, 0.4) is 0 Å². The van der Waals surface area contributed by atoms with Crippen LogP contribution in [0.2, 0.25) is 0 Å². The average molecular weight is 366 g/mol. The molecule has 0 saturated carbocycles. The van der Waals surface area contributed by atoms with E-state index in [-0.39, 0.29) is 39.8 Å². The summed E-state index contributed by atoms with van der Waals surface area (Å²) in [7, 11) is -3.43. The Kier molecular flexibility index (Phi) is 5.84. The van der Waals surface area contributed by atoms with Gasteiger partial charge in [-0.15, -0.1) is 0 Å². The zero-order valence-corrected chi connectivity index (χ0v) is 14.9. The summed E-state index contributed by atoms with van der Waals surface area (Å²) in [6, 6.07) is 3.83. The van der Waals surface area contributed by atoms with Crippen LogP contribution >= 0.6 is 0 Å². The van der Waals surface area contributed by atoms with Crippen LogP contribution in [-0.2, 0) is 19.4 Å². The lowest BCUT2D eigenvalue weighted by atomic mass is 9.95. The molecule has 0 aliphatic carbocycles. The molecule has 7 nitrogen and oxygen atoms in total. The van der Waals surface area contributed by atoms with E-state index in [4.69, 9.17) is 0 Å². The number of anilines is 1. The molecular formula is C17H22N2O5S. The van der Waals surface area contributed by atoms with Crippen molar-refractivity contribution >= 4 is 27.3 Å². The third-order valence-corrected chi connectivity index (χ3v) is 6.05. The number of nitrogens with zero attached hydrogens (tertiary/aromatic N) is 1. The number of hydrogen-bond donors (Lipinski definition) is 2. The first-order valence-corrected chi connectivity index (χ1v) is 9.71. The van der Waals surface area contributed by atoms with Gasteiger partial charge in [-0.1, -0.05) is 13.5 Å². The van der Waals surface area contributed by atoms with E-state index in [2.05, 4.69) is 11.9 Å². The Balaban J connectivity index is 2.07. The summed E-state index contributed by atoms with van der Waals surface area (Å²) >= 11 is 0. The van der Waals surface area contributed by atoms with Crippen molar-refractivity contribution in [1.29, 1.82) is 0 Å². The van der Waals surface area contributed by atoms with Crippen LogP contribution in [0, 0.1) is 5.92 Å². The van der Waals surface area contributed by atoms with Gasteiger partial charge in [0, 0.05) is 19.0 Å². The number of benzene rings is 1. The number of carbonyl (C=O) groups is 2. The smallest absolute Gasteiger partial charge is 0.245 e. The molecule has 0 radical (unpaired) electrons. The molecule has 25 heavy (non-hydrogen) atoms. The molecule has 1 saturated heterocycles. The van der Waals surface area contributed by atoms with Gasteiger partial charge in [0.2, 0.25) is 11.8 Å². The maximum atomic E-state index is 12.4. The molecule has 2 amide bonds. The minimum absolute atomic E-state index is 0.0505. The van der Waals surface area contributed by atoms with Crippen LogP contribution in [0.5, 0.6) is 5.75 Å². The van der Waals surface area contributed by atoms with Gasteiger partial charge >= 0.3 is 0 Å². The third kappa shape index (κ3) is 4.39. The lowest BCUT2D eigenvalue weighted by molar-refractivity contribution is -0.130. The highest BCUT2D eigenvalue weighted by atomic mass is 32.2. The molecule has 1 heterocycles. The van der Waals surface area contributed by atoms with Gasteiger partial charge in [-0.2, -0.15) is 0 Å². The second-order valence-electron chi connectivity index (χ2n) is 5.88. The minimum Gasteiger partial charge on any atom is -0.506 e. The highest BCUT2D eigenvalue weighted by Gasteiger charge is 2.27. The Morgan fingerprint density at radius 1 is 1.36 bits per heavy atom. The molecule has 1 aromatic rings. The number of likely N-dealkylation sites (tertiary alicyclic amines) is 1. The Hall–Kier alpha value is -2.35. The Labute approximate surface area is 147 Å². The summed E-state index contributed by atoms with van der Waals surface area (Å²) in [5.41, 5.74) is 0.0733. The predicted molar refractivity (Wildman–Crippen MR) is 94.0 cm³/mol. The molecule has 0 bridgehead atoms. The van der Waals surface area contributed by atoms with Crippen LogP contribution in [0.1, 0.15) is 19.8 Å². The summed E-state index contributed by atoms with van der Waals surface area (Å²) in [6.07, 6.45) is 2.25. The van der Waals surface area contributed by atoms with Gasteiger partial charge in [-0.25, -0.2) is 8.42 Å². The molecule has 8 heteroatoms. The minimum atomic E-state index is -3.43. The molecule has 1 aromatic carbocycles. The van der Waals surface area contributed by atoms with Crippen molar-refractivity contribution in [3.63, 3.8) is 0 Å². The zero-order valence-electron chi connectivity index (χ0n) is 14.1. The molecular weight excluding hydrogens is 344 g/mol. The number of sulfone groups is 1. The number of carbonyl (C=O) groups excluding carboxylic acids is 2. The number of hydrogen-bond acceptors (Lipinski definition) is 5. The molecule has 136 valence electrons. The first kappa shape index (κ1) is 19.0. The van der Waals surface area contributed by atoms with Gasteiger partial charge < -0.3 is 15.3 Å². The Morgan fingerprint density at radius 3 is 2.56 bits per heavy atom. The van der Waals surface area contributed by atoms with E-state index in [9.17, 15) is 23.1 Å². The molecule has 2 N–H and O–H groups in total. The summed E-state index contributed by atoms with van der Waals surface area (Å²) in [4.78, 5) is 25.6. The Morgan fingerprint density at radius 2 is 2.00 bits per heavy atom. The lowest BCUT2D eigenvalue weighted by Crippen LogP contribution is -2.40.